The summed E-state index contributed by atoms with van der Waals surface area (Å²) in [5.41, 5.74) is 3.46. The van der Waals surface area contributed by atoms with E-state index in [1.54, 1.807) is 24.7 Å². The Kier molecular flexibility index (Phi) is 7.62. The number of halogens is 1. The summed E-state index contributed by atoms with van der Waals surface area (Å²) in [6, 6.07) is 7.62. The molecule has 1 N–H and O–H groups in total. The Morgan fingerprint density at radius 3 is 2.78 bits per heavy atom. The van der Waals surface area contributed by atoms with Gasteiger partial charge in [0.25, 0.3) is 0 Å². The number of rotatable bonds is 6. The number of nitrogens with one attached hydrogen (secondary N) is 1. The van der Waals surface area contributed by atoms with Gasteiger partial charge in [-0.25, -0.2) is 9.97 Å². The molecule has 0 spiro atoms. The third-order valence-electron chi connectivity index (χ3n) is 6.46. The fourth-order valence-electron chi connectivity index (χ4n) is 4.39. The average Bonchev–Trinajstić information content (AvgIpc) is 2.89. The minimum Gasteiger partial charge on any atom is -0.488 e. The molecule has 9 nitrogen and oxygen atoms in total. The SMILES string of the molecule is CN1CCN(CCC(=O)Nc2cc(N3CCOc4cnc(-c5cc(Cl)ncc5P)cc43)ccn2)CC1. The largest absolute Gasteiger partial charge is 0.488 e. The van der Waals surface area contributed by atoms with Crippen LogP contribution < -0.4 is 20.3 Å². The number of amides is 1. The van der Waals surface area contributed by atoms with Gasteiger partial charge in [-0.15, -0.1) is 9.24 Å². The first-order valence-electron chi connectivity index (χ1n) is 11.9. The highest BCUT2D eigenvalue weighted by Gasteiger charge is 2.22. The van der Waals surface area contributed by atoms with E-state index in [1.807, 2.05) is 18.2 Å². The molecule has 11 heteroatoms. The van der Waals surface area contributed by atoms with Crippen molar-refractivity contribution in [3.63, 3.8) is 0 Å². The zero-order chi connectivity index (χ0) is 25.1. The Bertz CT molecular complexity index is 1250. The van der Waals surface area contributed by atoms with E-state index in [4.69, 9.17) is 16.3 Å². The molecule has 1 atom stereocenters. The van der Waals surface area contributed by atoms with Gasteiger partial charge < -0.3 is 24.8 Å². The molecule has 36 heavy (non-hydrogen) atoms. The fourth-order valence-corrected chi connectivity index (χ4v) is 4.86. The molecule has 0 radical (unpaired) electrons. The van der Waals surface area contributed by atoms with Crippen LogP contribution in [0.15, 0.2) is 42.9 Å². The molecule has 2 aliphatic rings. The Hall–Kier alpha value is -2.84. The maximum atomic E-state index is 12.6. The van der Waals surface area contributed by atoms with Crippen LogP contribution in [0.2, 0.25) is 5.15 Å². The number of likely N-dealkylation sites (N-methyl/N-ethyl adjacent to an activating group) is 1. The highest BCUT2D eigenvalue weighted by molar-refractivity contribution is 7.27. The van der Waals surface area contributed by atoms with E-state index in [0.29, 0.717) is 36.3 Å². The van der Waals surface area contributed by atoms with Gasteiger partial charge in [0.1, 0.15) is 17.6 Å². The van der Waals surface area contributed by atoms with Crippen molar-refractivity contribution in [3.05, 3.63) is 48.0 Å². The second-order valence-electron chi connectivity index (χ2n) is 8.97. The molecule has 5 rings (SSSR count). The van der Waals surface area contributed by atoms with Crippen molar-refractivity contribution in [2.45, 2.75) is 6.42 Å². The fraction of sp³-hybridized carbons (Fsp3) is 0.360. The Morgan fingerprint density at radius 2 is 1.94 bits per heavy atom. The van der Waals surface area contributed by atoms with Gasteiger partial charge in [0.15, 0.2) is 5.75 Å². The van der Waals surface area contributed by atoms with Crippen LogP contribution in [0.1, 0.15) is 6.42 Å². The van der Waals surface area contributed by atoms with Crippen molar-refractivity contribution in [3.8, 4) is 17.0 Å². The topological polar surface area (TPSA) is 86.7 Å². The number of anilines is 3. The maximum absolute atomic E-state index is 12.6. The van der Waals surface area contributed by atoms with Crippen LogP contribution in [-0.2, 0) is 4.79 Å². The van der Waals surface area contributed by atoms with Crippen molar-refractivity contribution in [1.82, 2.24) is 24.8 Å². The predicted octanol–water partition coefficient (Wildman–Crippen LogP) is 2.80. The van der Waals surface area contributed by atoms with Crippen molar-refractivity contribution >= 4 is 49.2 Å². The van der Waals surface area contributed by atoms with Crippen molar-refractivity contribution in [2.75, 3.05) is 63.1 Å². The predicted molar refractivity (Wildman–Crippen MR) is 146 cm³/mol. The van der Waals surface area contributed by atoms with E-state index in [2.05, 4.69) is 51.3 Å². The highest BCUT2D eigenvalue weighted by atomic mass is 35.5. The van der Waals surface area contributed by atoms with E-state index in [-0.39, 0.29) is 5.91 Å². The van der Waals surface area contributed by atoms with Crippen molar-refractivity contribution in [2.24, 2.45) is 0 Å². The lowest BCUT2D eigenvalue weighted by Gasteiger charge is -2.32. The minimum atomic E-state index is -0.0324. The molecule has 0 saturated carbocycles. The molecular weight excluding hydrogens is 497 g/mol. The van der Waals surface area contributed by atoms with E-state index in [9.17, 15) is 4.79 Å². The molecule has 3 aromatic heterocycles. The molecule has 1 saturated heterocycles. The Morgan fingerprint density at radius 1 is 1.11 bits per heavy atom. The van der Waals surface area contributed by atoms with E-state index < -0.39 is 0 Å². The van der Waals surface area contributed by atoms with Crippen LogP contribution in [0.4, 0.5) is 17.2 Å². The molecule has 188 valence electrons. The molecule has 0 aliphatic carbocycles. The lowest BCUT2D eigenvalue weighted by Crippen LogP contribution is -2.45. The van der Waals surface area contributed by atoms with Crippen LogP contribution in [0, 0.1) is 0 Å². The standard InChI is InChI=1S/C25H29ClN7O2P/c1-31-6-8-32(9-7-31)5-3-25(34)30-24-12-17(2-4-27-24)33-10-11-35-21-15-28-19(14-20(21)33)18-13-23(26)29-16-22(18)36/h2,4,12-16H,3,5-11,36H2,1H3,(H,27,30,34). The zero-order valence-electron chi connectivity index (χ0n) is 20.2. The Labute approximate surface area is 218 Å². The summed E-state index contributed by atoms with van der Waals surface area (Å²) < 4.78 is 5.87. The normalized spacial score (nSPS) is 16.4. The summed E-state index contributed by atoms with van der Waals surface area (Å²) in [6.07, 6.45) is 5.60. The third kappa shape index (κ3) is 5.76. The first-order valence-corrected chi connectivity index (χ1v) is 12.9. The second-order valence-corrected chi connectivity index (χ2v) is 9.98. The van der Waals surface area contributed by atoms with Crippen LogP contribution >= 0.6 is 20.8 Å². The number of pyridine rings is 3. The summed E-state index contributed by atoms with van der Waals surface area (Å²) in [4.78, 5) is 32.5. The smallest absolute Gasteiger partial charge is 0.226 e. The van der Waals surface area contributed by atoms with Gasteiger partial charge in [-0.3, -0.25) is 9.78 Å². The number of fused-ring (bicyclic) bond motifs is 1. The number of nitrogens with zero attached hydrogens (tertiary/aromatic N) is 6. The molecule has 2 aliphatic heterocycles. The number of hydrogen-bond acceptors (Lipinski definition) is 8. The molecule has 0 aromatic carbocycles. The van der Waals surface area contributed by atoms with Crippen LogP contribution in [-0.4, -0.2) is 83.6 Å². The quantitative estimate of drug-likeness (QED) is 0.388. The first-order chi connectivity index (χ1) is 17.5. The lowest BCUT2D eigenvalue weighted by molar-refractivity contribution is -0.116. The van der Waals surface area contributed by atoms with Gasteiger partial charge in [0, 0.05) is 68.9 Å². The van der Waals surface area contributed by atoms with Gasteiger partial charge in [-0.2, -0.15) is 0 Å². The summed E-state index contributed by atoms with van der Waals surface area (Å²) in [5.74, 6) is 1.20. The maximum Gasteiger partial charge on any atom is 0.226 e. The number of aromatic nitrogens is 3. The van der Waals surface area contributed by atoms with Crippen LogP contribution in [0.25, 0.3) is 11.3 Å². The van der Waals surface area contributed by atoms with Gasteiger partial charge in [-0.05, 0) is 30.6 Å². The number of carbonyl (C=O) groups excluding carboxylic acids is 1. The number of piperazine rings is 1. The van der Waals surface area contributed by atoms with E-state index in [1.165, 1.54) is 0 Å². The lowest BCUT2D eigenvalue weighted by atomic mass is 10.1. The molecule has 5 heterocycles. The summed E-state index contributed by atoms with van der Waals surface area (Å²) >= 11 is 6.14. The first kappa shape index (κ1) is 24.8. The van der Waals surface area contributed by atoms with Crippen LogP contribution in [0.5, 0.6) is 5.75 Å². The minimum absolute atomic E-state index is 0.0324. The Balaban J connectivity index is 1.32. The molecule has 1 unspecified atom stereocenters. The highest BCUT2D eigenvalue weighted by Crippen LogP contribution is 2.38. The number of hydrogen-bond donors (Lipinski definition) is 1. The zero-order valence-corrected chi connectivity index (χ0v) is 22.1. The van der Waals surface area contributed by atoms with E-state index in [0.717, 1.165) is 60.7 Å². The van der Waals surface area contributed by atoms with E-state index >= 15 is 0 Å². The second kappa shape index (κ2) is 11.0. The molecule has 0 bridgehead atoms. The van der Waals surface area contributed by atoms with Crippen molar-refractivity contribution < 1.29 is 9.53 Å². The molecule has 1 fully saturated rings. The number of carbonyl (C=O) groups is 1. The summed E-state index contributed by atoms with van der Waals surface area (Å²) in [7, 11) is 4.80. The van der Waals surface area contributed by atoms with Gasteiger partial charge >= 0.3 is 0 Å². The summed E-state index contributed by atoms with van der Waals surface area (Å²) in [6.45, 7) is 6.00. The third-order valence-corrected chi connectivity index (χ3v) is 7.13. The van der Waals surface area contributed by atoms with Gasteiger partial charge in [0.2, 0.25) is 5.91 Å². The molecule has 1 amide bonds. The van der Waals surface area contributed by atoms with Crippen molar-refractivity contribution in [1.29, 1.82) is 0 Å². The molecule has 3 aromatic rings. The van der Waals surface area contributed by atoms with Gasteiger partial charge in [-0.1, -0.05) is 11.6 Å². The number of ether oxygens (including phenoxy) is 1. The molecular formula is C25H29ClN7O2P. The monoisotopic (exact) mass is 525 g/mol. The van der Waals surface area contributed by atoms with Gasteiger partial charge in [0.05, 0.1) is 24.1 Å². The summed E-state index contributed by atoms with van der Waals surface area (Å²) in [5, 5.41) is 4.27. The average molecular weight is 526 g/mol. The van der Waals surface area contributed by atoms with Crippen LogP contribution in [0.3, 0.4) is 0 Å².